The van der Waals surface area contributed by atoms with Crippen molar-refractivity contribution < 1.29 is 4.84 Å². The molecule has 0 aromatic heterocycles. The molecule has 3 saturated carbocycles. The maximum Gasteiger partial charge on any atom is 0.158 e. The number of hydrazine groups is 2. The number of nitrogens with one attached hydrogen (secondary N) is 2. The Morgan fingerprint density at radius 3 is 2.63 bits per heavy atom. The summed E-state index contributed by atoms with van der Waals surface area (Å²) in [5, 5.41) is 2.00. The van der Waals surface area contributed by atoms with Crippen molar-refractivity contribution in [1.82, 2.24) is 16.1 Å². The van der Waals surface area contributed by atoms with Crippen LogP contribution in [0, 0.1) is 11.8 Å². The molecule has 1 heterocycles. The van der Waals surface area contributed by atoms with Gasteiger partial charge in [-0.3, -0.25) is 4.84 Å². The minimum Gasteiger partial charge on any atom is -0.262 e. The molecular formula is C15H21N3O. The minimum atomic E-state index is -0.143. The molecule has 0 amide bonds. The van der Waals surface area contributed by atoms with Gasteiger partial charge in [0.25, 0.3) is 0 Å². The molecule has 1 saturated heterocycles. The molecule has 0 radical (unpaired) electrons. The highest BCUT2D eigenvalue weighted by Crippen LogP contribution is 2.48. The maximum absolute atomic E-state index is 5.96. The summed E-state index contributed by atoms with van der Waals surface area (Å²) in [6.07, 6.45) is 6.53. The fourth-order valence-corrected chi connectivity index (χ4v) is 3.94. The van der Waals surface area contributed by atoms with Gasteiger partial charge in [-0.05, 0) is 43.6 Å². The fourth-order valence-electron chi connectivity index (χ4n) is 3.94. The number of benzene rings is 1. The van der Waals surface area contributed by atoms with Crippen LogP contribution in [0.25, 0.3) is 0 Å². The molecule has 2 bridgehead atoms. The van der Waals surface area contributed by atoms with Crippen molar-refractivity contribution in [2.24, 2.45) is 11.8 Å². The summed E-state index contributed by atoms with van der Waals surface area (Å²) in [5.41, 5.74) is 7.80. The molecule has 1 aromatic carbocycles. The van der Waals surface area contributed by atoms with Crippen molar-refractivity contribution in [3.05, 3.63) is 35.9 Å². The summed E-state index contributed by atoms with van der Waals surface area (Å²) in [6.45, 7) is 0.819. The van der Waals surface area contributed by atoms with E-state index in [9.17, 15) is 0 Å². The Morgan fingerprint density at radius 1 is 1.16 bits per heavy atom. The van der Waals surface area contributed by atoms with Crippen molar-refractivity contribution in [1.29, 1.82) is 0 Å². The summed E-state index contributed by atoms with van der Waals surface area (Å²) in [6, 6.07) is 10.5. The van der Waals surface area contributed by atoms with E-state index in [0.717, 1.165) is 18.9 Å². The zero-order chi connectivity index (χ0) is 12.7. The van der Waals surface area contributed by atoms with Crippen molar-refractivity contribution in [3.8, 4) is 0 Å². The lowest BCUT2D eigenvalue weighted by Gasteiger charge is -2.47. The van der Waals surface area contributed by atoms with Gasteiger partial charge in [0.15, 0.2) is 5.72 Å². The van der Waals surface area contributed by atoms with Crippen LogP contribution in [0.5, 0.6) is 0 Å². The molecule has 3 aliphatic carbocycles. The fraction of sp³-hybridized carbons (Fsp3) is 0.600. The summed E-state index contributed by atoms with van der Waals surface area (Å²) in [4.78, 5) is 5.96. The topological polar surface area (TPSA) is 36.5 Å². The van der Waals surface area contributed by atoms with Crippen LogP contribution in [-0.2, 0) is 11.4 Å². The monoisotopic (exact) mass is 259 g/mol. The first-order valence-corrected chi connectivity index (χ1v) is 7.37. The average molecular weight is 259 g/mol. The third kappa shape index (κ3) is 2.09. The van der Waals surface area contributed by atoms with Crippen LogP contribution in [-0.4, -0.2) is 10.8 Å². The van der Waals surface area contributed by atoms with E-state index in [1.165, 1.54) is 31.2 Å². The number of rotatable bonds is 2. The highest BCUT2D eigenvalue weighted by atomic mass is 16.7. The lowest BCUT2D eigenvalue weighted by Crippen LogP contribution is -2.57. The third-order valence-corrected chi connectivity index (χ3v) is 4.94. The molecule has 19 heavy (non-hydrogen) atoms. The molecule has 4 heteroatoms. The predicted molar refractivity (Wildman–Crippen MR) is 72.1 cm³/mol. The van der Waals surface area contributed by atoms with Gasteiger partial charge in [-0.25, -0.2) is 5.43 Å². The lowest BCUT2D eigenvalue weighted by atomic mass is 9.66. The van der Waals surface area contributed by atoms with E-state index in [4.69, 9.17) is 4.84 Å². The molecule has 102 valence electrons. The summed E-state index contributed by atoms with van der Waals surface area (Å²) < 4.78 is 0. The molecule has 0 unspecified atom stereocenters. The van der Waals surface area contributed by atoms with Crippen LogP contribution in [0.4, 0.5) is 0 Å². The van der Waals surface area contributed by atoms with Gasteiger partial charge >= 0.3 is 0 Å². The van der Waals surface area contributed by atoms with E-state index >= 15 is 0 Å². The molecule has 4 nitrogen and oxygen atoms in total. The van der Waals surface area contributed by atoms with Crippen LogP contribution >= 0.6 is 0 Å². The molecule has 1 aromatic rings. The van der Waals surface area contributed by atoms with Crippen LogP contribution in [0.3, 0.4) is 0 Å². The standard InChI is InChI=1S/C15H21N3O/c1-2-4-13(5-3-1)11-18-16-15(19-17-18)10-12-6-8-14(15)9-7-12/h1-5,12,14,16-17H,6-11H2/t12?,14?,15-/m0/s1. The molecular weight excluding hydrogens is 238 g/mol. The largest absolute Gasteiger partial charge is 0.262 e. The Morgan fingerprint density at radius 2 is 1.95 bits per heavy atom. The zero-order valence-corrected chi connectivity index (χ0v) is 11.1. The number of fused-ring (bicyclic) bond motifs is 2. The van der Waals surface area contributed by atoms with Gasteiger partial charge in [-0.2, -0.15) is 0 Å². The van der Waals surface area contributed by atoms with Crippen molar-refractivity contribution >= 4 is 0 Å². The zero-order valence-electron chi connectivity index (χ0n) is 11.1. The average Bonchev–Trinajstić information content (AvgIpc) is 2.84. The molecule has 1 atom stereocenters. The number of hydrogen-bond donors (Lipinski definition) is 2. The molecule has 4 aliphatic rings. The Balaban J connectivity index is 1.45. The highest BCUT2D eigenvalue weighted by molar-refractivity contribution is 5.14. The molecule has 1 aliphatic heterocycles. The minimum absolute atomic E-state index is 0.143. The van der Waals surface area contributed by atoms with E-state index in [0.29, 0.717) is 5.92 Å². The Kier molecular flexibility index (Phi) is 2.84. The first-order valence-electron chi connectivity index (χ1n) is 7.37. The highest BCUT2D eigenvalue weighted by Gasteiger charge is 2.52. The van der Waals surface area contributed by atoms with Gasteiger partial charge in [-0.15, -0.1) is 10.7 Å². The van der Waals surface area contributed by atoms with E-state index in [1.54, 1.807) is 0 Å². The smallest absolute Gasteiger partial charge is 0.158 e. The molecule has 1 spiro atoms. The van der Waals surface area contributed by atoms with Gasteiger partial charge in [0.05, 0.1) is 6.54 Å². The molecule has 5 rings (SSSR count). The van der Waals surface area contributed by atoms with Gasteiger partial charge in [-0.1, -0.05) is 30.3 Å². The summed E-state index contributed by atoms with van der Waals surface area (Å²) >= 11 is 0. The van der Waals surface area contributed by atoms with Crippen molar-refractivity contribution in [3.63, 3.8) is 0 Å². The van der Waals surface area contributed by atoms with E-state index < -0.39 is 0 Å². The van der Waals surface area contributed by atoms with Crippen LogP contribution in [0.15, 0.2) is 30.3 Å². The number of nitrogens with zero attached hydrogens (tertiary/aromatic N) is 1. The Hall–Kier alpha value is -0.940. The SMILES string of the molecule is c1ccc(CN2NO[C@]3(CC4CCC3CC4)N2)cc1. The quantitative estimate of drug-likeness (QED) is 0.855. The molecule has 2 N–H and O–H groups in total. The van der Waals surface area contributed by atoms with Crippen LogP contribution < -0.4 is 11.0 Å². The Labute approximate surface area is 114 Å². The van der Waals surface area contributed by atoms with Crippen molar-refractivity contribution in [2.45, 2.75) is 44.4 Å². The second-order valence-electron chi connectivity index (χ2n) is 6.19. The van der Waals surface area contributed by atoms with Crippen molar-refractivity contribution in [2.75, 3.05) is 0 Å². The maximum atomic E-state index is 5.96. The summed E-state index contributed by atoms with van der Waals surface area (Å²) in [5.74, 6) is 1.50. The second-order valence-corrected chi connectivity index (χ2v) is 6.19. The van der Waals surface area contributed by atoms with Crippen LogP contribution in [0.2, 0.25) is 0 Å². The van der Waals surface area contributed by atoms with E-state index in [1.807, 2.05) is 11.2 Å². The predicted octanol–water partition coefficient (Wildman–Crippen LogP) is 2.35. The van der Waals surface area contributed by atoms with Gasteiger partial charge in [0.2, 0.25) is 0 Å². The second kappa shape index (κ2) is 4.56. The van der Waals surface area contributed by atoms with Gasteiger partial charge < -0.3 is 0 Å². The first kappa shape index (κ1) is 11.9. The third-order valence-electron chi connectivity index (χ3n) is 4.94. The normalized spacial score (nSPS) is 38.1. The number of hydrogen-bond acceptors (Lipinski definition) is 4. The first-order chi connectivity index (χ1) is 9.34. The van der Waals surface area contributed by atoms with Crippen LogP contribution in [0.1, 0.15) is 37.7 Å². The van der Waals surface area contributed by atoms with Gasteiger partial charge in [0.1, 0.15) is 0 Å². The Bertz CT molecular complexity index is 444. The lowest BCUT2D eigenvalue weighted by molar-refractivity contribution is -0.157. The molecule has 4 fully saturated rings. The van der Waals surface area contributed by atoms with E-state index in [-0.39, 0.29) is 5.72 Å². The van der Waals surface area contributed by atoms with Gasteiger partial charge in [0, 0.05) is 5.92 Å². The summed E-state index contributed by atoms with van der Waals surface area (Å²) in [7, 11) is 0. The van der Waals surface area contributed by atoms with E-state index in [2.05, 4.69) is 35.3 Å².